The lowest BCUT2D eigenvalue weighted by Crippen LogP contribution is -2.25. The second-order valence-electron chi connectivity index (χ2n) is 4.26. The topological polar surface area (TPSA) is 78.8 Å². The van der Waals surface area contributed by atoms with E-state index < -0.39 is 0 Å². The number of nitrogens with zero attached hydrogens (tertiary/aromatic N) is 4. The Morgan fingerprint density at radius 3 is 2.90 bits per heavy atom. The number of aromatic nitrogens is 2. The molecule has 0 aliphatic rings. The van der Waals surface area contributed by atoms with Gasteiger partial charge in [-0.1, -0.05) is 17.7 Å². The Morgan fingerprint density at radius 2 is 2.25 bits per heavy atom. The van der Waals surface area contributed by atoms with Crippen molar-refractivity contribution in [2.75, 3.05) is 17.2 Å². The van der Waals surface area contributed by atoms with Gasteiger partial charge in [0.2, 0.25) is 0 Å². The Hall–Kier alpha value is -2.32. The predicted molar refractivity (Wildman–Crippen MR) is 79.2 cm³/mol. The minimum absolute atomic E-state index is 0.393. The molecular formula is C14H14ClN5. The molecule has 0 saturated heterocycles. The summed E-state index contributed by atoms with van der Waals surface area (Å²) in [5, 5.41) is 9.27. The van der Waals surface area contributed by atoms with Gasteiger partial charge in [-0.15, -0.1) is 0 Å². The second-order valence-corrected chi connectivity index (χ2v) is 4.69. The van der Waals surface area contributed by atoms with Gasteiger partial charge in [0.15, 0.2) is 5.82 Å². The Kier molecular flexibility index (Phi) is 4.75. The van der Waals surface area contributed by atoms with E-state index in [2.05, 4.69) is 16.0 Å². The number of pyridine rings is 2. The molecule has 2 aromatic heterocycles. The molecule has 0 spiro atoms. The SMILES string of the molecule is N#CCCN(Cc1cccnc1)c1ncc(Cl)cc1N. The molecule has 0 bridgehead atoms. The van der Waals surface area contributed by atoms with Crippen LogP contribution in [0.2, 0.25) is 5.02 Å². The van der Waals surface area contributed by atoms with E-state index in [0.717, 1.165) is 5.56 Å². The molecule has 0 unspecified atom stereocenters. The fraction of sp³-hybridized carbons (Fsp3) is 0.214. The Labute approximate surface area is 122 Å². The summed E-state index contributed by atoms with van der Waals surface area (Å²) in [7, 11) is 0. The summed E-state index contributed by atoms with van der Waals surface area (Å²) < 4.78 is 0. The third kappa shape index (κ3) is 3.59. The second kappa shape index (κ2) is 6.73. The molecule has 0 fully saturated rings. The van der Waals surface area contributed by atoms with Gasteiger partial charge in [-0.25, -0.2) is 4.98 Å². The van der Waals surface area contributed by atoms with E-state index in [1.54, 1.807) is 24.7 Å². The molecule has 2 aromatic rings. The fourth-order valence-electron chi connectivity index (χ4n) is 1.87. The smallest absolute Gasteiger partial charge is 0.152 e. The van der Waals surface area contributed by atoms with Crippen LogP contribution in [-0.4, -0.2) is 16.5 Å². The van der Waals surface area contributed by atoms with Gasteiger partial charge in [0, 0.05) is 31.7 Å². The normalized spacial score (nSPS) is 10.0. The van der Waals surface area contributed by atoms with Crippen molar-refractivity contribution < 1.29 is 0 Å². The number of anilines is 2. The third-order valence-corrected chi connectivity index (χ3v) is 2.96. The van der Waals surface area contributed by atoms with Crippen LogP contribution in [0.25, 0.3) is 0 Å². The predicted octanol–water partition coefficient (Wildman–Crippen LogP) is 2.63. The lowest BCUT2D eigenvalue weighted by Gasteiger charge is -2.24. The molecule has 6 heteroatoms. The van der Waals surface area contributed by atoms with Crippen LogP contribution in [0.1, 0.15) is 12.0 Å². The quantitative estimate of drug-likeness (QED) is 0.914. The van der Waals surface area contributed by atoms with Gasteiger partial charge >= 0.3 is 0 Å². The van der Waals surface area contributed by atoms with Crippen LogP contribution in [0.5, 0.6) is 0 Å². The summed E-state index contributed by atoms with van der Waals surface area (Å²) in [5.74, 6) is 0.633. The summed E-state index contributed by atoms with van der Waals surface area (Å²) in [4.78, 5) is 10.3. The van der Waals surface area contributed by atoms with Crippen molar-refractivity contribution in [3.63, 3.8) is 0 Å². The highest BCUT2D eigenvalue weighted by atomic mass is 35.5. The van der Waals surface area contributed by atoms with Crippen LogP contribution < -0.4 is 10.6 Å². The molecule has 0 radical (unpaired) electrons. The Bertz CT molecular complexity index is 609. The van der Waals surface area contributed by atoms with Gasteiger partial charge in [-0.2, -0.15) is 5.26 Å². The number of nitriles is 1. The summed E-state index contributed by atoms with van der Waals surface area (Å²) in [6.45, 7) is 1.14. The molecule has 0 aliphatic heterocycles. The molecular weight excluding hydrogens is 274 g/mol. The standard InChI is InChI=1S/C14H14ClN5/c15-12-7-13(17)14(19-9-12)20(6-2-4-16)10-11-3-1-5-18-8-11/h1,3,5,7-9H,2,6,10,17H2. The maximum Gasteiger partial charge on any atom is 0.152 e. The highest BCUT2D eigenvalue weighted by Crippen LogP contribution is 2.24. The van der Waals surface area contributed by atoms with E-state index in [0.29, 0.717) is 36.0 Å². The summed E-state index contributed by atoms with van der Waals surface area (Å²) in [6, 6.07) is 7.63. The molecule has 0 amide bonds. The molecule has 0 saturated carbocycles. The van der Waals surface area contributed by atoms with E-state index in [4.69, 9.17) is 22.6 Å². The van der Waals surface area contributed by atoms with E-state index in [-0.39, 0.29) is 0 Å². The van der Waals surface area contributed by atoms with Crippen LogP contribution in [-0.2, 0) is 6.54 Å². The van der Waals surface area contributed by atoms with Crippen molar-refractivity contribution >= 4 is 23.1 Å². The number of nitrogens with two attached hydrogens (primary N) is 1. The van der Waals surface area contributed by atoms with Crippen LogP contribution in [0, 0.1) is 11.3 Å². The molecule has 0 atom stereocenters. The highest BCUT2D eigenvalue weighted by molar-refractivity contribution is 6.30. The first-order valence-electron chi connectivity index (χ1n) is 6.12. The summed E-state index contributed by atoms with van der Waals surface area (Å²) in [5.41, 5.74) is 7.49. The first kappa shape index (κ1) is 14.1. The van der Waals surface area contributed by atoms with E-state index >= 15 is 0 Å². The van der Waals surface area contributed by atoms with Crippen molar-refractivity contribution in [1.29, 1.82) is 5.26 Å². The minimum Gasteiger partial charge on any atom is -0.396 e. The van der Waals surface area contributed by atoms with Crippen molar-refractivity contribution in [2.24, 2.45) is 0 Å². The average molecular weight is 288 g/mol. The number of halogens is 1. The third-order valence-electron chi connectivity index (χ3n) is 2.75. The van der Waals surface area contributed by atoms with Gasteiger partial charge in [0.1, 0.15) is 0 Å². The van der Waals surface area contributed by atoms with E-state index in [9.17, 15) is 0 Å². The lowest BCUT2D eigenvalue weighted by molar-refractivity contribution is 0.782. The zero-order valence-electron chi connectivity index (χ0n) is 10.8. The maximum absolute atomic E-state index is 8.78. The van der Waals surface area contributed by atoms with Crippen LogP contribution in [0.4, 0.5) is 11.5 Å². The van der Waals surface area contributed by atoms with Crippen molar-refractivity contribution in [1.82, 2.24) is 9.97 Å². The van der Waals surface area contributed by atoms with Crippen LogP contribution in [0.15, 0.2) is 36.8 Å². The number of nitrogen functional groups attached to an aromatic ring is 1. The highest BCUT2D eigenvalue weighted by Gasteiger charge is 2.12. The van der Waals surface area contributed by atoms with Gasteiger partial charge in [-0.05, 0) is 17.7 Å². The van der Waals surface area contributed by atoms with Gasteiger partial charge < -0.3 is 10.6 Å². The summed E-state index contributed by atoms with van der Waals surface area (Å²) >= 11 is 5.86. The first-order valence-corrected chi connectivity index (χ1v) is 6.50. The van der Waals surface area contributed by atoms with Crippen molar-refractivity contribution in [2.45, 2.75) is 13.0 Å². The van der Waals surface area contributed by atoms with Crippen molar-refractivity contribution in [3.8, 4) is 6.07 Å². The monoisotopic (exact) mass is 287 g/mol. The zero-order valence-corrected chi connectivity index (χ0v) is 11.6. The van der Waals surface area contributed by atoms with Gasteiger partial charge in [-0.3, -0.25) is 4.98 Å². The number of hydrogen-bond donors (Lipinski definition) is 1. The summed E-state index contributed by atoms with van der Waals surface area (Å²) in [6.07, 6.45) is 5.45. The molecule has 0 aromatic carbocycles. The van der Waals surface area contributed by atoms with Gasteiger partial charge in [0.05, 0.1) is 23.2 Å². The molecule has 5 nitrogen and oxygen atoms in total. The molecule has 2 rings (SSSR count). The molecule has 2 N–H and O–H groups in total. The minimum atomic E-state index is 0.393. The van der Waals surface area contributed by atoms with Crippen LogP contribution >= 0.6 is 11.6 Å². The van der Waals surface area contributed by atoms with E-state index in [1.807, 2.05) is 17.0 Å². The number of rotatable bonds is 5. The lowest BCUT2D eigenvalue weighted by atomic mass is 10.2. The fourth-order valence-corrected chi connectivity index (χ4v) is 2.04. The molecule has 102 valence electrons. The largest absolute Gasteiger partial charge is 0.396 e. The van der Waals surface area contributed by atoms with Crippen molar-refractivity contribution in [3.05, 3.63) is 47.4 Å². The molecule has 2 heterocycles. The van der Waals surface area contributed by atoms with Crippen LogP contribution in [0.3, 0.4) is 0 Å². The van der Waals surface area contributed by atoms with Gasteiger partial charge in [0.25, 0.3) is 0 Å². The Morgan fingerprint density at radius 1 is 1.40 bits per heavy atom. The maximum atomic E-state index is 8.78. The number of hydrogen-bond acceptors (Lipinski definition) is 5. The zero-order chi connectivity index (χ0) is 14.4. The average Bonchev–Trinajstić information content (AvgIpc) is 2.45. The van der Waals surface area contributed by atoms with E-state index in [1.165, 1.54) is 0 Å². The molecule has 0 aliphatic carbocycles. The first-order chi connectivity index (χ1) is 9.70. The Balaban J connectivity index is 2.25. The molecule has 20 heavy (non-hydrogen) atoms.